The third-order valence-corrected chi connectivity index (χ3v) is 4.82. The van der Waals surface area contributed by atoms with Gasteiger partial charge in [-0.3, -0.25) is 0 Å². The van der Waals surface area contributed by atoms with Crippen molar-refractivity contribution < 1.29 is 22.7 Å². The molecule has 1 aliphatic rings. The number of aliphatic imine (C=N–C) groups is 1. The fourth-order valence-corrected chi connectivity index (χ4v) is 3.33. The summed E-state index contributed by atoms with van der Waals surface area (Å²) in [7, 11) is -2.21. The first kappa shape index (κ1) is 14.7. The van der Waals surface area contributed by atoms with Crippen LogP contribution in [0.4, 0.5) is 5.69 Å². The normalized spacial score (nSPS) is 16.4. The monoisotopic (exact) mass is 298 g/mol. The van der Waals surface area contributed by atoms with Gasteiger partial charge in [-0.25, -0.2) is 13.2 Å². The van der Waals surface area contributed by atoms with Gasteiger partial charge >= 0.3 is 0 Å². The van der Waals surface area contributed by atoms with E-state index in [9.17, 15) is 13.2 Å². The van der Waals surface area contributed by atoms with Crippen molar-refractivity contribution >= 4 is 21.8 Å². The maximum atomic E-state index is 12.4. The number of methoxy groups -OCH3 is 1. The van der Waals surface area contributed by atoms with Crippen molar-refractivity contribution in [1.29, 1.82) is 0 Å². The number of nitrogens with zero attached hydrogens (tertiary/aromatic N) is 2. The summed E-state index contributed by atoms with van der Waals surface area (Å²) < 4.78 is 36.3. The molecule has 8 heteroatoms. The Kier molecular flexibility index (Phi) is 4.51. The van der Waals surface area contributed by atoms with Crippen LogP contribution in [0.3, 0.4) is 0 Å². The van der Waals surface area contributed by atoms with Crippen molar-refractivity contribution in [2.75, 3.05) is 33.4 Å². The largest absolute Gasteiger partial charge is 0.494 e. The van der Waals surface area contributed by atoms with Gasteiger partial charge in [0.1, 0.15) is 11.4 Å². The summed E-state index contributed by atoms with van der Waals surface area (Å²) in [5.41, 5.74) is 0.136. The zero-order chi connectivity index (χ0) is 14.6. The van der Waals surface area contributed by atoms with E-state index < -0.39 is 10.0 Å². The molecular weight excluding hydrogens is 284 g/mol. The van der Waals surface area contributed by atoms with Gasteiger partial charge in [0.05, 0.1) is 25.2 Å². The molecule has 1 aliphatic heterocycles. The lowest BCUT2D eigenvalue weighted by Gasteiger charge is -2.26. The van der Waals surface area contributed by atoms with Crippen LogP contribution in [0.15, 0.2) is 28.1 Å². The molecule has 0 N–H and O–H groups in total. The van der Waals surface area contributed by atoms with E-state index in [-0.39, 0.29) is 10.6 Å². The smallest absolute Gasteiger partial charge is 0.243 e. The molecule has 1 aromatic carbocycles. The summed E-state index contributed by atoms with van der Waals surface area (Å²) in [4.78, 5) is 13.9. The molecule has 0 unspecified atom stereocenters. The lowest BCUT2D eigenvalue weighted by atomic mass is 10.3. The Morgan fingerprint density at radius 2 is 2.05 bits per heavy atom. The van der Waals surface area contributed by atoms with Crippen LogP contribution in [-0.2, 0) is 19.6 Å². The van der Waals surface area contributed by atoms with E-state index in [0.29, 0.717) is 32.1 Å². The number of hydrogen-bond acceptors (Lipinski definition) is 6. The Hall–Kier alpha value is -1.73. The fraction of sp³-hybridized carbons (Fsp3) is 0.417. The van der Waals surface area contributed by atoms with Crippen molar-refractivity contribution in [3.8, 4) is 5.75 Å². The predicted molar refractivity (Wildman–Crippen MR) is 70.4 cm³/mol. The van der Waals surface area contributed by atoms with E-state index >= 15 is 0 Å². The molecule has 7 nitrogen and oxygen atoms in total. The highest BCUT2D eigenvalue weighted by atomic mass is 32.2. The lowest BCUT2D eigenvalue weighted by Crippen LogP contribution is -2.40. The van der Waals surface area contributed by atoms with Crippen molar-refractivity contribution in [2.24, 2.45) is 4.99 Å². The molecule has 0 atom stereocenters. The Morgan fingerprint density at radius 3 is 2.65 bits per heavy atom. The van der Waals surface area contributed by atoms with Gasteiger partial charge < -0.3 is 9.47 Å². The average molecular weight is 298 g/mol. The third kappa shape index (κ3) is 2.88. The molecule has 1 heterocycles. The van der Waals surface area contributed by atoms with Gasteiger partial charge in [-0.15, -0.1) is 0 Å². The van der Waals surface area contributed by atoms with E-state index in [1.165, 1.54) is 35.7 Å². The van der Waals surface area contributed by atoms with Crippen molar-refractivity contribution in [1.82, 2.24) is 4.31 Å². The summed E-state index contributed by atoms with van der Waals surface area (Å²) in [6.07, 6.45) is 1.38. The quantitative estimate of drug-likeness (QED) is 0.603. The first-order valence-corrected chi connectivity index (χ1v) is 7.37. The van der Waals surface area contributed by atoms with E-state index in [4.69, 9.17) is 9.47 Å². The fourth-order valence-electron chi connectivity index (χ4n) is 1.90. The number of benzene rings is 1. The standard InChI is InChI=1S/C12H14N2O5S/c1-18-12-3-2-10(8-11(12)13-9-15)20(16,17)14-4-6-19-7-5-14/h2-3,8H,4-7H2,1H3. The molecule has 20 heavy (non-hydrogen) atoms. The van der Waals surface area contributed by atoms with Crippen molar-refractivity contribution in [3.05, 3.63) is 18.2 Å². The van der Waals surface area contributed by atoms with Crippen LogP contribution < -0.4 is 4.74 Å². The number of rotatable bonds is 4. The molecule has 1 aromatic rings. The molecule has 0 aromatic heterocycles. The second-order valence-electron chi connectivity index (χ2n) is 4.05. The van der Waals surface area contributed by atoms with Crippen molar-refractivity contribution in [2.45, 2.75) is 4.90 Å². The molecule has 0 radical (unpaired) electrons. The summed E-state index contributed by atoms with van der Waals surface area (Å²) in [6, 6.07) is 4.19. The minimum atomic E-state index is -3.62. The van der Waals surface area contributed by atoms with Gasteiger partial charge in [0.2, 0.25) is 16.1 Å². The zero-order valence-corrected chi connectivity index (χ0v) is 11.7. The molecule has 0 spiro atoms. The molecule has 1 saturated heterocycles. The number of sulfonamides is 1. The van der Waals surface area contributed by atoms with E-state index in [0.717, 1.165) is 0 Å². The maximum absolute atomic E-state index is 12.4. The van der Waals surface area contributed by atoms with Gasteiger partial charge in [-0.2, -0.15) is 9.30 Å². The van der Waals surface area contributed by atoms with Crippen LogP contribution in [0, 0.1) is 0 Å². The Labute approximate surface area is 116 Å². The van der Waals surface area contributed by atoms with Crippen molar-refractivity contribution in [3.63, 3.8) is 0 Å². The number of ether oxygens (including phenoxy) is 2. The van der Waals surface area contributed by atoms with Crippen LogP contribution in [-0.4, -0.2) is 52.2 Å². The summed E-state index contributed by atoms with van der Waals surface area (Å²) in [6.45, 7) is 1.35. The first-order chi connectivity index (χ1) is 9.59. The lowest BCUT2D eigenvalue weighted by molar-refractivity contribution is 0.0730. The molecule has 108 valence electrons. The topological polar surface area (TPSA) is 85.3 Å². The predicted octanol–water partition coefficient (Wildman–Crippen LogP) is 0.683. The molecule has 1 fully saturated rings. The molecule has 0 bridgehead atoms. The van der Waals surface area contributed by atoms with E-state index in [2.05, 4.69) is 4.99 Å². The third-order valence-electron chi connectivity index (χ3n) is 2.92. The SMILES string of the molecule is COc1ccc(S(=O)(=O)N2CCOCC2)cc1N=C=O. The Balaban J connectivity index is 2.41. The van der Waals surface area contributed by atoms with Crippen LogP contribution in [0.25, 0.3) is 0 Å². The highest BCUT2D eigenvalue weighted by Gasteiger charge is 2.27. The van der Waals surface area contributed by atoms with Gasteiger partial charge in [-0.1, -0.05) is 0 Å². The van der Waals surface area contributed by atoms with E-state index in [1.54, 1.807) is 0 Å². The molecule has 2 rings (SSSR count). The number of isocyanates is 1. The minimum absolute atomic E-state index is 0.0641. The number of morpholine rings is 1. The second kappa shape index (κ2) is 6.15. The highest BCUT2D eigenvalue weighted by molar-refractivity contribution is 7.89. The van der Waals surface area contributed by atoms with Gasteiger partial charge in [0, 0.05) is 13.1 Å². The van der Waals surface area contributed by atoms with Crippen LogP contribution in [0.5, 0.6) is 5.75 Å². The summed E-state index contributed by atoms with van der Waals surface area (Å²) >= 11 is 0. The van der Waals surface area contributed by atoms with Crippen LogP contribution >= 0.6 is 0 Å². The average Bonchev–Trinajstić information content (AvgIpc) is 2.48. The first-order valence-electron chi connectivity index (χ1n) is 5.93. The molecule has 0 saturated carbocycles. The highest BCUT2D eigenvalue weighted by Crippen LogP contribution is 2.31. The van der Waals surface area contributed by atoms with E-state index in [1.807, 2.05) is 0 Å². The summed E-state index contributed by atoms with van der Waals surface area (Å²) in [5.74, 6) is 0.314. The maximum Gasteiger partial charge on any atom is 0.243 e. The van der Waals surface area contributed by atoms with Crippen LogP contribution in [0.2, 0.25) is 0 Å². The molecule has 0 amide bonds. The molecule has 0 aliphatic carbocycles. The zero-order valence-electron chi connectivity index (χ0n) is 10.9. The number of carbonyl (C=O) groups excluding carboxylic acids is 1. The van der Waals surface area contributed by atoms with Crippen LogP contribution in [0.1, 0.15) is 0 Å². The Morgan fingerprint density at radius 1 is 1.35 bits per heavy atom. The van der Waals surface area contributed by atoms with Gasteiger partial charge in [-0.05, 0) is 18.2 Å². The van der Waals surface area contributed by atoms with Gasteiger partial charge in [0.15, 0.2) is 0 Å². The Bertz CT molecular complexity index is 631. The minimum Gasteiger partial charge on any atom is -0.494 e. The second-order valence-corrected chi connectivity index (χ2v) is 5.99. The number of hydrogen-bond donors (Lipinski definition) is 0. The molecular formula is C12H14N2O5S. The van der Waals surface area contributed by atoms with Gasteiger partial charge in [0.25, 0.3) is 0 Å². The summed E-state index contributed by atoms with van der Waals surface area (Å²) in [5, 5.41) is 0.